The van der Waals surface area contributed by atoms with Crippen LogP contribution in [0.3, 0.4) is 0 Å². The summed E-state index contributed by atoms with van der Waals surface area (Å²) < 4.78 is 5.10. The Morgan fingerprint density at radius 1 is 1.23 bits per heavy atom. The summed E-state index contributed by atoms with van der Waals surface area (Å²) in [6.07, 6.45) is 1.73. The second-order valence-corrected chi connectivity index (χ2v) is 5.79. The lowest BCUT2D eigenvalue weighted by atomic mass is 10.2. The van der Waals surface area contributed by atoms with Crippen LogP contribution in [0.25, 0.3) is 0 Å². The number of hydrogen-bond acceptors (Lipinski definition) is 5. The number of carbonyl (C=O) groups excluding carboxylic acids is 2. The quantitative estimate of drug-likeness (QED) is 0.684. The van der Waals surface area contributed by atoms with E-state index < -0.39 is 11.7 Å². The molecule has 7 heteroatoms. The van der Waals surface area contributed by atoms with E-state index >= 15 is 0 Å². The Kier molecular flexibility index (Phi) is 6.78. The van der Waals surface area contributed by atoms with Crippen molar-refractivity contribution in [2.75, 3.05) is 13.1 Å². The molecule has 22 heavy (non-hydrogen) atoms. The molecule has 0 bridgehead atoms. The van der Waals surface area contributed by atoms with Gasteiger partial charge in [-0.2, -0.15) is 0 Å². The molecule has 0 aliphatic heterocycles. The van der Waals surface area contributed by atoms with Crippen LogP contribution in [0.1, 0.15) is 43.2 Å². The molecule has 0 saturated heterocycles. The molecule has 0 aromatic carbocycles. The van der Waals surface area contributed by atoms with E-state index in [1.54, 1.807) is 39.1 Å². The van der Waals surface area contributed by atoms with Crippen LogP contribution in [0.2, 0.25) is 0 Å². The van der Waals surface area contributed by atoms with Crippen LogP contribution in [-0.2, 0) is 11.3 Å². The third-order valence-corrected chi connectivity index (χ3v) is 2.60. The van der Waals surface area contributed by atoms with Gasteiger partial charge in [0.15, 0.2) is 0 Å². The molecule has 0 radical (unpaired) electrons. The summed E-state index contributed by atoms with van der Waals surface area (Å²) in [6.45, 7) is 6.66. The van der Waals surface area contributed by atoms with Crippen molar-refractivity contribution in [1.29, 1.82) is 0 Å². The Labute approximate surface area is 130 Å². The fourth-order valence-corrected chi connectivity index (χ4v) is 1.57. The van der Waals surface area contributed by atoms with Crippen LogP contribution in [0, 0.1) is 0 Å². The third kappa shape index (κ3) is 7.03. The van der Waals surface area contributed by atoms with Crippen LogP contribution in [0.5, 0.6) is 0 Å². The predicted octanol–water partition coefficient (Wildman–Crippen LogP) is 1.18. The fourth-order valence-electron chi connectivity index (χ4n) is 1.57. The maximum Gasteiger partial charge on any atom is 0.407 e. The second-order valence-electron chi connectivity index (χ2n) is 5.79. The number of ether oxygens (including phenoxy) is 1. The number of alkyl carbamates (subject to hydrolysis) is 1. The molecule has 1 aromatic heterocycles. The van der Waals surface area contributed by atoms with Crippen molar-refractivity contribution in [2.45, 2.75) is 39.3 Å². The van der Waals surface area contributed by atoms with Gasteiger partial charge in [0, 0.05) is 25.8 Å². The van der Waals surface area contributed by atoms with Crippen LogP contribution in [-0.4, -0.2) is 35.7 Å². The number of nitrogens with one attached hydrogen (secondary N) is 2. The standard InChI is InChI=1S/C15H24N4O3/c1-15(2,3)22-14(21)18-8-4-7-17-13(20)12-6-5-11(9-16)10-19-12/h5-6,10H,4,7-9,16H2,1-3H3,(H,17,20)(H,18,21). The average Bonchev–Trinajstić information content (AvgIpc) is 2.45. The number of carbonyl (C=O) groups is 2. The molecular weight excluding hydrogens is 284 g/mol. The average molecular weight is 308 g/mol. The molecule has 0 spiro atoms. The van der Waals surface area contributed by atoms with Gasteiger partial charge in [-0.05, 0) is 38.8 Å². The molecule has 1 heterocycles. The first-order chi connectivity index (χ1) is 10.3. The summed E-state index contributed by atoms with van der Waals surface area (Å²) in [4.78, 5) is 27.2. The number of amides is 2. The number of rotatable bonds is 6. The van der Waals surface area contributed by atoms with Crippen LogP contribution >= 0.6 is 0 Å². The molecule has 0 atom stereocenters. The van der Waals surface area contributed by atoms with Gasteiger partial charge in [0.1, 0.15) is 11.3 Å². The summed E-state index contributed by atoms with van der Waals surface area (Å²) in [5.74, 6) is -0.249. The number of nitrogens with zero attached hydrogens (tertiary/aromatic N) is 1. The summed E-state index contributed by atoms with van der Waals surface area (Å²) in [6, 6.07) is 3.41. The maximum absolute atomic E-state index is 11.8. The van der Waals surface area contributed by atoms with Gasteiger partial charge in [0.05, 0.1) is 0 Å². The van der Waals surface area contributed by atoms with Crippen LogP contribution in [0.15, 0.2) is 18.3 Å². The van der Waals surface area contributed by atoms with Gasteiger partial charge >= 0.3 is 6.09 Å². The van der Waals surface area contributed by atoms with Gasteiger partial charge in [-0.15, -0.1) is 0 Å². The molecule has 7 nitrogen and oxygen atoms in total. The first-order valence-corrected chi connectivity index (χ1v) is 7.22. The van der Waals surface area contributed by atoms with Gasteiger partial charge < -0.3 is 21.1 Å². The van der Waals surface area contributed by atoms with Crippen molar-refractivity contribution in [3.05, 3.63) is 29.6 Å². The predicted molar refractivity (Wildman–Crippen MR) is 83.3 cm³/mol. The Morgan fingerprint density at radius 3 is 2.45 bits per heavy atom. The summed E-state index contributed by atoms with van der Waals surface area (Å²) in [5.41, 5.74) is 6.17. The van der Waals surface area contributed by atoms with Crippen molar-refractivity contribution in [3.63, 3.8) is 0 Å². The molecule has 122 valence electrons. The second kappa shape index (κ2) is 8.33. The Hall–Kier alpha value is -2.15. The molecule has 1 aromatic rings. The van der Waals surface area contributed by atoms with Crippen LogP contribution in [0.4, 0.5) is 4.79 Å². The topological polar surface area (TPSA) is 106 Å². The molecular formula is C15H24N4O3. The molecule has 0 aliphatic carbocycles. The lowest BCUT2D eigenvalue weighted by molar-refractivity contribution is 0.0527. The van der Waals surface area contributed by atoms with Gasteiger partial charge in [-0.25, -0.2) is 4.79 Å². The van der Waals surface area contributed by atoms with E-state index in [0.717, 1.165) is 5.56 Å². The number of pyridine rings is 1. The van der Waals surface area contributed by atoms with E-state index in [0.29, 0.717) is 31.7 Å². The first-order valence-electron chi connectivity index (χ1n) is 7.22. The summed E-state index contributed by atoms with van der Waals surface area (Å²) in [7, 11) is 0. The number of aromatic nitrogens is 1. The van der Waals surface area contributed by atoms with Gasteiger partial charge in [-0.3, -0.25) is 9.78 Å². The zero-order valence-electron chi connectivity index (χ0n) is 13.3. The summed E-state index contributed by atoms with van der Waals surface area (Å²) >= 11 is 0. The van der Waals surface area contributed by atoms with Gasteiger partial charge in [0.2, 0.25) is 0 Å². The fraction of sp³-hybridized carbons (Fsp3) is 0.533. The molecule has 0 fully saturated rings. The summed E-state index contributed by atoms with van der Waals surface area (Å²) in [5, 5.41) is 5.36. The van der Waals surface area contributed by atoms with Crippen molar-refractivity contribution in [3.8, 4) is 0 Å². The highest BCUT2D eigenvalue weighted by Crippen LogP contribution is 2.06. The molecule has 0 unspecified atom stereocenters. The minimum absolute atomic E-state index is 0.249. The van der Waals surface area contributed by atoms with Crippen molar-refractivity contribution >= 4 is 12.0 Å². The normalized spacial score (nSPS) is 10.9. The first kappa shape index (κ1) is 17.9. The monoisotopic (exact) mass is 308 g/mol. The zero-order valence-corrected chi connectivity index (χ0v) is 13.3. The van der Waals surface area contributed by atoms with E-state index in [2.05, 4.69) is 15.6 Å². The molecule has 1 rings (SSSR count). The lowest BCUT2D eigenvalue weighted by Crippen LogP contribution is -2.34. The third-order valence-electron chi connectivity index (χ3n) is 2.60. The van der Waals surface area contributed by atoms with E-state index in [1.165, 1.54) is 0 Å². The molecule has 4 N–H and O–H groups in total. The van der Waals surface area contributed by atoms with Crippen LogP contribution < -0.4 is 16.4 Å². The minimum atomic E-state index is -0.514. The zero-order chi connectivity index (χ0) is 16.6. The number of hydrogen-bond donors (Lipinski definition) is 3. The lowest BCUT2D eigenvalue weighted by Gasteiger charge is -2.19. The van der Waals surface area contributed by atoms with Crippen molar-refractivity contribution in [2.24, 2.45) is 5.73 Å². The smallest absolute Gasteiger partial charge is 0.407 e. The highest BCUT2D eigenvalue weighted by molar-refractivity contribution is 5.92. The molecule has 0 aliphatic rings. The van der Waals surface area contributed by atoms with Gasteiger partial charge in [0.25, 0.3) is 5.91 Å². The minimum Gasteiger partial charge on any atom is -0.444 e. The maximum atomic E-state index is 11.8. The van der Waals surface area contributed by atoms with E-state index in [4.69, 9.17) is 10.5 Å². The molecule has 0 saturated carbocycles. The Balaban J connectivity index is 2.21. The van der Waals surface area contributed by atoms with E-state index in [-0.39, 0.29) is 5.91 Å². The SMILES string of the molecule is CC(C)(C)OC(=O)NCCCNC(=O)c1ccc(CN)cn1. The van der Waals surface area contributed by atoms with E-state index in [1.807, 2.05) is 0 Å². The highest BCUT2D eigenvalue weighted by atomic mass is 16.6. The highest BCUT2D eigenvalue weighted by Gasteiger charge is 2.15. The molecule has 2 amide bonds. The Morgan fingerprint density at radius 2 is 1.91 bits per heavy atom. The number of nitrogens with two attached hydrogens (primary N) is 1. The van der Waals surface area contributed by atoms with Crippen molar-refractivity contribution in [1.82, 2.24) is 15.6 Å². The van der Waals surface area contributed by atoms with E-state index in [9.17, 15) is 9.59 Å². The van der Waals surface area contributed by atoms with Crippen molar-refractivity contribution < 1.29 is 14.3 Å². The van der Waals surface area contributed by atoms with Gasteiger partial charge in [-0.1, -0.05) is 6.07 Å². The Bertz CT molecular complexity index is 495. The largest absolute Gasteiger partial charge is 0.444 e.